The zero-order chi connectivity index (χ0) is 13.8. The Labute approximate surface area is 114 Å². The Morgan fingerprint density at radius 1 is 1.11 bits per heavy atom. The molecule has 2 rings (SSSR count). The zero-order valence-electron chi connectivity index (χ0n) is 9.81. The zero-order valence-corrected chi connectivity index (χ0v) is 10.6. The van der Waals surface area contributed by atoms with Gasteiger partial charge in [-0.05, 0) is 23.8 Å². The molecule has 96 valence electrons. The summed E-state index contributed by atoms with van der Waals surface area (Å²) in [6.45, 7) is 0. The highest BCUT2D eigenvalue weighted by molar-refractivity contribution is 6.33. The molecule has 1 N–H and O–H groups in total. The van der Waals surface area contributed by atoms with E-state index in [1.54, 1.807) is 30.3 Å². The number of carbonyl (C=O) groups is 1. The van der Waals surface area contributed by atoms with Crippen LogP contribution in [0.2, 0.25) is 5.02 Å². The van der Waals surface area contributed by atoms with Gasteiger partial charge in [0.1, 0.15) is 5.82 Å². The van der Waals surface area contributed by atoms with Crippen molar-refractivity contribution in [3.63, 3.8) is 0 Å². The second kappa shape index (κ2) is 5.67. The third kappa shape index (κ3) is 3.01. The lowest BCUT2D eigenvalue weighted by Crippen LogP contribution is -2.00. The van der Waals surface area contributed by atoms with Gasteiger partial charge in [0, 0.05) is 5.56 Å². The number of aliphatic carboxylic acids is 1. The number of carboxylic acid groups (broad SMARTS) is 1. The third-order valence-electron chi connectivity index (χ3n) is 2.60. The predicted molar refractivity (Wildman–Crippen MR) is 73.4 cm³/mol. The van der Waals surface area contributed by atoms with E-state index in [1.807, 2.05) is 0 Å². The summed E-state index contributed by atoms with van der Waals surface area (Å²) in [5, 5.41) is 9.41. The molecule has 0 aliphatic carbocycles. The molecule has 0 aliphatic rings. The van der Waals surface area contributed by atoms with Crippen molar-refractivity contribution in [1.29, 1.82) is 0 Å². The maximum atomic E-state index is 13.7. The van der Waals surface area contributed by atoms with Crippen LogP contribution in [-0.2, 0) is 4.79 Å². The van der Waals surface area contributed by atoms with Crippen LogP contribution in [0.3, 0.4) is 0 Å². The van der Waals surface area contributed by atoms with E-state index in [2.05, 4.69) is 0 Å². The van der Waals surface area contributed by atoms with Crippen LogP contribution in [0.1, 0.15) is 11.1 Å². The van der Waals surface area contributed by atoms with E-state index in [-0.39, 0.29) is 16.2 Å². The molecule has 0 saturated heterocycles. The van der Waals surface area contributed by atoms with E-state index < -0.39 is 11.8 Å². The molecule has 0 unspecified atom stereocenters. The van der Waals surface area contributed by atoms with Crippen LogP contribution in [0.4, 0.5) is 4.39 Å². The fourth-order valence-electron chi connectivity index (χ4n) is 1.68. The van der Waals surface area contributed by atoms with E-state index in [4.69, 9.17) is 11.6 Å². The predicted octanol–water partition coefficient (Wildman–Crippen LogP) is 4.10. The standard InChI is InChI=1S/C15H10ClFO2/c16-13-7-4-8-14(17)12(13)9-11(15(18)19)10-5-2-1-3-6-10/h1-9H,(H,18,19)/b11-9-. The van der Waals surface area contributed by atoms with Crippen molar-refractivity contribution in [3.8, 4) is 0 Å². The van der Waals surface area contributed by atoms with Crippen LogP contribution >= 0.6 is 11.6 Å². The molecule has 0 heterocycles. The van der Waals surface area contributed by atoms with Gasteiger partial charge in [0.05, 0.1) is 10.6 Å². The second-order valence-electron chi connectivity index (χ2n) is 3.86. The maximum absolute atomic E-state index is 13.7. The first-order chi connectivity index (χ1) is 9.09. The summed E-state index contributed by atoms with van der Waals surface area (Å²) in [5.74, 6) is -1.69. The van der Waals surface area contributed by atoms with Gasteiger partial charge >= 0.3 is 5.97 Å². The largest absolute Gasteiger partial charge is 0.478 e. The molecule has 0 aliphatic heterocycles. The minimum atomic E-state index is -1.13. The molecule has 4 heteroatoms. The molecule has 0 atom stereocenters. The van der Waals surface area contributed by atoms with Crippen molar-refractivity contribution in [1.82, 2.24) is 0 Å². The van der Waals surface area contributed by atoms with Crippen LogP contribution < -0.4 is 0 Å². The molecule has 2 aromatic carbocycles. The molecule has 19 heavy (non-hydrogen) atoms. The van der Waals surface area contributed by atoms with Crippen LogP contribution in [0, 0.1) is 5.82 Å². The Balaban J connectivity index is 2.57. The van der Waals surface area contributed by atoms with Gasteiger partial charge in [-0.25, -0.2) is 9.18 Å². The Morgan fingerprint density at radius 3 is 2.37 bits per heavy atom. The number of carboxylic acids is 1. The maximum Gasteiger partial charge on any atom is 0.336 e. The molecule has 0 radical (unpaired) electrons. The monoisotopic (exact) mass is 276 g/mol. The minimum absolute atomic E-state index is 0.00685. The Kier molecular flexibility index (Phi) is 3.97. The Bertz CT molecular complexity index is 616. The topological polar surface area (TPSA) is 37.3 Å². The smallest absolute Gasteiger partial charge is 0.336 e. The quantitative estimate of drug-likeness (QED) is 0.677. The first-order valence-electron chi connectivity index (χ1n) is 5.54. The van der Waals surface area contributed by atoms with Gasteiger partial charge in [-0.3, -0.25) is 0 Å². The van der Waals surface area contributed by atoms with E-state index in [0.29, 0.717) is 5.56 Å². The van der Waals surface area contributed by atoms with E-state index in [9.17, 15) is 14.3 Å². The van der Waals surface area contributed by atoms with Crippen molar-refractivity contribution >= 4 is 29.2 Å². The van der Waals surface area contributed by atoms with E-state index in [0.717, 1.165) is 0 Å². The van der Waals surface area contributed by atoms with Gasteiger partial charge in [0.2, 0.25) is 0 Å². The molecular weight excluding hydrogens is 267 g/mol. The summed E-state index contributed by atoms with van der Waals surface area (Å²) < 4.78 is 13.7. The van der Waals surface area contributed by atoms with Gasteiger partial charge in [-0.2, -0.15) is 0 Å². The summed E-state index contributed by atoms with van der Waals surface area (Å²) in [6.07, 6.45) is 1.25. The normalized spacial score (nSPS) is 11.4. The summed E-state index contributed by atoms with van der Waals surface area (Å²) in [5.41, 5.74) is 0.562. The third-order valence-corrected chi connectivity index (χ3v) is 2.93. The van der Waals surface area contributed by atoms with Gasteiger partial charge in [0.25, 0.3) is 0 Å². The second-order valence-corrected chi connectivity index (χ2v) is 4.27. The van der Waals surface area contributed by atoms with Crippen molar-refractivity contribution in [2.24, 2.45) is 0 Å². The first-order valence-corrected chi connectivity index (χ1v) is 5.92. The average Bonchev–Trinajstić information content (AvgIpc) is 2.39. The molecule has 0 spiro atoms. The Morgan fingerprint density at radius 2 is 1.79 bits per heavy atom. The number of rotatable bonds is 3. The lowest BCUT2D eigenvalue weighted by Gasteiger charge is -2.05. The summed E-state index contributed by atoms with van der Waals surface area (Å²) >= 11 is 5.89. The van der Waals surface area contributed by atoms with Crippen molar-refractivity contribution in [2.45, 2.75) is 0 Å². The molecule has 0 amide bonds. The van der Waals surface area contributed by atoms with Crippen LogP contribution in [0.15, 0.2) is 48.5 Å². The van der Waals surface area contributed by atoms with Gasteiger partial charge in [0.15, 0.2) is 0 Å². The molecule has 0 aromatic heterocycles. The van der Waals surface area contributed by atoms with Crippen LogP contribution in [0.25, 0.3) is 11.6 Å². The molecule has 0 bridgehead atoms. The highest BCUT2D eigenvalue weighted by atomic mass is 35.5. The fourth-order valence-corrected chi connectivity index (χ4v) is 1.90. The summed E-state index contributed by atoms with van der Waals surface area (Å²) in [6, 6.07) is 12.7. The highest BCUT2D eigenvalue weighted by Crippen LogP contribution is 2.25. The highest BCUT2D eigenvalue weighted by Gasteiger charge is 2.13. The lowest BCUT2D eigenvalue weighted by molar-refractivity contribution is -0.130. The molecule has 0 saturated carbocycles. The molecule has 0 fully saturated rings. The number of benzene rings is 2. The van der Waals surface area contributed by atoms with Gasteiger partial charge in [-0.1, -0.05) is 48.0 Å². The Hall–Kier alpha value is -2.13. The van der Waals surface area contributed by atoms with E-state index in [1.165, 1.54) is 24.3 Å². The fraction of sp³-hybridized carbons (Fsp3) is 0. The average molecular weight is 277 g/mol. The van der Waals surface area contributed by atoms with E-state index >= 15 is 0 Å². The van der Waals surface area contributed by atoms with Gasteiger partial charge in [-0.15, -0.1) is 0 Å². The molecule has 2 nitrogen and oxygen atoms in total. The number of hydrogen-bond acceptors (Lipinski definition) is 1. The first kappa shape index (κ1) is 13.3. The minimum Gasteiger partial charge on any atom is -0.478 e. The SMILES string of the molecule is O=C(O)/C(=C\c1c(F)cccc1Cl)c1ccccc1. The van der Waals surface area contributed by atoms with Crippen molar-refractivity contribution in [2.75, 3.05) is 0 Å². The van der Waals surface area contributed by atoms with Crippen molar-refractivity contribution < 1.29 is 14.3 Å². The summed E-state index contributed by atoms with van der Waals surface area (Å²) in [7, 11) is 0. The van der Waals surface area contributed by atoms with Crippen LogP contribution in [0.5, 0.6) is 0 Å². The van der Waals surface area contributed by atoms with Crippen molar-refractivity contribution in [3.05, 3.63) is 70.5 Å². The number of hydrogen-bond donors (Lipinski definition) is 1. The van der Waals surface area contributed by atoms with Gasteiger partial charge < -0.3 is 5.11 Å². The lowest BCUT2D eigenvalue weighted by atomic mass is 10.0. The number of halogens is 2. The summed E-state index contributed by atoms with van der Waals surface area (Å²) in [4.78, 5) is 11.3. The molecule has 2 aromatic rings. The molecular formula is C15H10ClFO2. The van der Waals surface area contributed by atoms with Crippen LogP contribution in [-0.4, -0.2) is 11.1 Å².